The van der Waals surface area contributed by atoms with Crippen LogP contribution in [0.25, 0.3) is 0 Å². The second kappa shape index (κ2) is 6.32. The first kappa shape index (κ1) is 16.9. The molecule has 1 saturated heterocycles. The number of aliphatic carboxylic acids is 1. The number of nitrogens with zero attached hydrogens (tertiary/aromatic N) is 2. The van der Waals surface area contributed by atoms with Crippen LogP contribution >= 0.6 is 15.9 Å². The van der Waals surface area contributed by atoms with Crippen LogP contribution in [0.15, 0.2) is 21.5 Å². The Bertz CT molecular complexity index is 760. The number of carbonyl (C=O) groups is 1. The van der Waals surface area contributed by atoms with Gasteiger partial charge >= 0.3 is 5.97 Å². The lowest BCUT2D eigenvalue weighted by Crippen LogP contribution is -2.42. The highest BCUT2D eigenvalue weighted by molar-refractivity contribution is 9.10. The largest absolute Gasteiger partial charge is 0.481 e. The van der Waals surface area contributed by atoms with Gasteiger partial charge in [-0.25, -0.2) is 12.8 Å². The summed E-state index contributed by atoms with van der Waals surface area (Å²) in [5, 5.41) is 17.8. The van der Waals surface area contributed by atoms with Gasteiger partial charge in [0.05, 0.1) is 11.5 Å². The summed E-state index contributed by atoms with van der Waals surface area (Å²) in [7, 11) is -4.15. The Kier molecular flexibility index (Phi) is 4.84. The van der Waals surface area contributed by atoms with Crippen LogP contribution in [0.3, 0.4) is 0 Å². The van der Waals surface area contributed by atoms with Crippen LogP contribution in [0.5, 0.6) is 0 Å². The van der Waals surface area contributed by atoms with Gasteiger partial charge in [0.25, 0.3) is 0 Å². The summed E-state index contributed by atoms with van der Waals surface area (Å²) in [6.07, 6.45) is 0.788. The van der Waals surface area contributed by atoms with Crippen molar-refractivity contribution in [3.8, 4) is 6.07 Å². The zero-order valence-corrected chi connectivity index (χ0v) is 13.7. The van der Waals surface area contributed by atoms with Crippen LogP contribution < -0.4 is 0 Å². The van der Waals surface area contributed by atoms with Crippen LogP contribution in [0, 0.1) is 23.1 Å². The summed E-state index contributed by atoms with van der Waals surface area (Å²) in [4.78, 5) is 10.5. The molecule has 0 bridgehead atoms. The quantitative estimate of drug-likeness (QED) is 0.849. The van der Waals surface area contributed by atoms with Crippen molar-refractivity contribution >= 4 is 31.9 Å². The van der Waals surface area contributed by atoms with Crippen molar-refractivity contribution in [2.75, 3.05) is 13.1 Å². The van der Waals surface area contributed by atoms with Crippen LogP contribution in [-0.2, 0) is 14.8 Å². The van der Waals surface area contributed by atoms with Gasteiger partial charge in [-0.05, 0) is 40.9 Å². The second-order valence-electron chi connectivity index (χ2n) is 4.91. The van der Waals surface area contributed by atoms with Crippen molar-refractivity contribution in [1.29, 1.82) is 5.26 Å². The number of rotatable bonds is 3. The van der Waals surface area contributed by atoms with Gasteiger partial charge in [-0.3, -0.25) is 4.79 Å². The summed E-state index contributed by atoms with van der Waals surface area (Å²) in [5.74, 6) is -2.90. The molecule has 0 spiro atoms. The van der Waals surface area contributed by atoms with Crippen molar-refractivity contribution in [3.05, 3.63) is 28.0 Å². The smallest absolute Gasteiger partial charge is 0.307 e. The maximum atomic E-state index is 14.0. The summed E-state index contributed by atoms with van der Waals surface area (Å²) in [5.41, 5.74) is -0.0153. The van der Waals surface area contributed by atoms with E-state index in [1.165, 1.54) is 0 Å². The van der Waals surface area contributed by atoms with E-state index in [9.17, 15) is 17.6 Å². The fraction of sp³-hybridized carbons (Fsp3) is 0.385. The van der Waals surface area contributed by atoms with E-state index in [1.807, 2.05) is 0 Å². The first-order valence-corrected chi connectivity index (χ1v) is 8.62. The molecule has 6 nitrogen and oxygen atoms in total. The number of halogens is 2. The van der Waals surface area contributed by atoms with E-state index in [4.69, 9.17) is 10.4 Å². The van der Waals surface area contributed by atoms with Crippen molar-refractivity contribution < 1.29 is 22.7 Å². The minimum absolute atomic E-state index is 0.0153. The Morgan fingerprint density at radius 2 is 2.18 bits per heavy atom. The molecule has 0 amide bonds. The van der Waals surface area contributed by atoms with E-state index in [0.717, 1.165) is 16.4 Å². The molecule has 1 aromatic rings. The third kappa shape index (κ3) is 3.14. The summed E-state index contributed by atoms with van der Waals surface area (Å²) in [6, 6.07) is 3.62. The minimum atomic E-state index is -4.15. The zero-order valence-electron chi connectivity index (χ0n) is 11.3. The Hall–Kier alpha value is -1.50. The average molecular weight is 391 g/mol. The first-order valence-electron chi connectivity index (χ1n) is 6.39. The molecule has 22 heavy (non-hydrogen) atoms. The lowest BCUT2D eigenvalue weighted by atomic mass is 10.0. The fourth-order valence-electron chi connectivity index (χ4n) is 2.31. The zero-order chi connectivity index (χ0) is 16.5. The van der Waals surface area contributed by atoms with Crippen LogP contribution in [0.4, 0.5) is 4.39 Å². The molecular weight excluding hydrogens is 379 g/mol. The van der Waals surface area contributed by atoms with E-state index in [-0.39, 0.29) is 23.1 Å². The SMILES string of the molecule is N#Cc1cc(F)c(S(=O)(=O)N2CCCC(C(=O)O)C2)cc1Br. The Balaban J connectivity index is 2.41. The maximum Gasteiger partial charge on any atom is 0.307 e. The van der Waals surface area contributed by atoms with E-state index in [0.29, 0.717) is 12.8 Å². The second-order valence-corrected chi connectivity index (χ2v) is 7.68. The van der Waals surface area contributed by atoms with Crippen molar-refractivity contribution in [3.63, 3.8) is 0 Å². The molecule has 118 valence electrons. The lowest BCUT2D eigenvalue weighted by molar-refractivity contribution is -0.142. The highest BCUT2D eigenvalue weighted by Gasteiger charge is 2.35. The van der Waals surface area contributed by atoms with Crippen molar-refractivity contribution in [2.45, 2.75) is 17.7 Å². The molecule has 1 aliphatic heterocycles. The van der Waals surface area contributed by atoms with Gasteiger partial charge in [-0.15, -0.1) is 0 Å². The maximum absolute atomic E-state index is 14.0. The number of sulfonamides is 1. The number of hydrogen-bond acceptors (Lipinski definition) is 4. The standard InChI is InChI=1S/C13H12BrFN2O4S/c14-10-5-12(11(15)4-9(10)6-16)22(20,21)17-3-1-2-8(7-17)13(18)19/h4-5,8H,1-3,7H2,(H,18,19). The molecule has 1 atom stereocenters. The van der Waals surface area contributed by atoms with Gasteiger partial charge in [0.1, 0.15) is 16.8 Å². The van der Waals surface area contributed by atoms with E-state index in [1.54, 1.807) is 6.07 Å². The van der Waals surface area contributed by atoms with E-state index in [2.05, 4.69) is 15.9 Å². The van der Waals surface area contributed by atoms with Gasteiger partial charge in [0.2, 0.25) is 10.0 Å². The van der Waals surface area contributed by atoms with E-state index >= 15 is 0 Å². The minimum Gasteiger partial charge on any atom is -0.481 e. The topological polar surface area (TPSA) is 98.5 Å². The number of hydrogen-bond donors (Lipinski definition) is 1. The van der Waals surface area contributed by atoms with Crippen LogP contribution in [0.1, 0.15) is 18.4 Å². The van der Waals surface area contributed by atoms with E-state index < -0.39 is 32.6 Å². The number of piperidine rings is 1. The van der Waals surface area contributed by atoms with Crippen LogP contribution in [-0.4, -0.2) is 36.9 Å². The highest BCUT2D eigenvalue weighted by Crippen LogP contribution is 2.29. The fourth-order valence-corrected chi connectivity index (χ4v) is 4.49. The normalized spacial score (nSPS) is 19.6. The Labute approximate surface area is 135 Å². The monoisotopic (exact) mass is 390 g/mol. The molecule has 0 radical (unpaired) electrons. The van der Waals surface area contributed by atoms with Gasteiger partial charge in [-0.2, -0.15) is 9.57 Å². The first-order chi connectivity index (χ1) is 10.3. The Morgan fingerprint density at radius 1 is 1.50 bits per heavy atom. The molecule has 1 fully saturated rings. The molecule has 1 aliphatic rings. The lowest BCUT2D eigenvalue weighted by Gasteiger charge is -2.30. The third-order valence-corrected chi connectivity index (χ3v) is 6.03. The summed E-state index contributed by atoms with van der Waals surface area (Å²) >= 11 is 3.03. The van der Waals surface area contributed by atoms with Gasteiger partial charge < -0.3 is 5.11 Å². The molecule has 0 saturated carbocycles. The van der Waals surface area contributed by atoms with Gasteiger partial charge in [-0.1, -0.05) is 0 Å². The summed E-state index contributed by atoms with van der Waals surface area (Å²) < 4.78 is 40.2. The molecule has 0 aromatic heterocycles. The van der Waals surface area contributed by atoms with Crippen molar-refractivity contribution in [2.24, 2.45) is 5.92 Å². The third-order valence-electron chi connectivity index (χ3n) is 3.49. The molecule has 9 heteroatoms. The summed E-state index contributed by atoms with van der Waals surface area (Å²) in [6.45, 7) is -0.0437. The molecule has 1 aromatic carbocycles. The van der Waals surface area contributed by atoms with Gasteiger partial charge in [0.15, 0.2) is 0 Å². The predicted octanol–water partition coefficient (Wildman–Crippen LogP) is 1.95. The Morgan fingerprint density at radius 3 is 2.77 bits per heavy atom. The number of carboxylic acids is 1. The van der Waals surface area contributed by atoms with Crippen LogP contribution in [0.2, 0.25) is 0 Å². The molecule has 2 rings (SSSR count). The predicted molar refractivity (Wildman–Crippen MR) is 77.9 cm³/mol. The molecule has 1 unspecified atom stereocenters. The number of benzene rings is 1. The molecular formula is C13H12BrFN2O4S. The highest BCUT2D eigenvalue weighted by atomic mass is 79.9. The average Bonchev–Trinajstić information content (AvgIpc) is 2.49. The molecule has 1 heterocycles. The number of nitriles is 1. The van der Waals surface area contributed by atoms with Gasteiger partial charge in [0, 0.05) is 17.6 Å². The molecule has 1 N–H and O–H groups in total. The number of carboxylic acid groups (broad SMARTS) is 1. The van der Waals surface area contributed by atoms with Crippen molar-refractivity contribution in [1.82, 2.24) is 4.31 Å². The molecule has 0 aliphatic carbocycles.